The van der Waals surface area contributed by atoms with E-state index in [0.29, 0.717) is 41.8 Å². The minimum absolute atomic E-state index is 0.0447. The Morgan fingerprint density at radius 2 is 2.15 bits per heavy atom. The first-order valence-electron chi connectivity index (χ1n) is 8.31. The Morgan fingerprint density at radius 3 is 2.93 bits per heavy atom. The van der Waals surface area contributed by atoms with Crippen molar-refractivity contribution in [3.8, 4) is 16.3 Å². The van der Waals surface area contributed by atoms with Gasteiger partial charge in [0.05, 0.1) is 23.9 Å². The summed E-state index contributed by atoms with van der Waals surface area (Å²) in [5, 5.41) is 6.71. The lowest BCUT2D eigenvalue weighted by atomic mass is 10.3. The third-order valence-corrected chi connectivity index (χ3v) is 5.10. The molecule has 8 heteroatoms. The SMILES string of the molecule is O=C(CCCOc1ccc(Cl)cc1Cl)NCc1csc(-c2cccnc2)n1. The monoisotopic (exact) mass is 421 g/mol. The van der Waals surface area contributed by atoms with Crippen LogP contribution in [0.1, 0.15) is 18.5 Å². The standard InChI is InChI=1S/C19H17Cl2N3O2S/c20-14-5-6-17(16(21)9-14)26-8-2-4-18(25)23-11-15-12-27-19(24-15)13-3-1-7-22-10-13/h1,3,5-7,9-10,12H,2,4,8,11H2,(H,23,25). The number of carbonyl (C=O) groups is 1. The molecule has 3 rings (SSSR count). The van der Waals surface area contributed by atoms with Crippen molar-refractivity contribution in [3.63, 3.8) is 0 Å². The molecule has 0 saturated heterocycles. The Bertz CT molecular complexity index is 903. The third kappa shape index (κ3) is 5.92. The molecule has 0 aliphatic heterocycles. The lowest BCUT2D eigenvalue weighted by Gasteiger charge is -2.08. The molecule has 0 fully saturated rings. The van der Waals surface area contributed by atoms with Crippen LogP contribution in [0.3, 0.4) is 0 Å². The highest BCUT2D eigenvalue weighted by Crippen LogP contribution is 2.27. The Labute approximate surface area is 171 Å². The predicted molar refractivity (Wildman–Crippen MR) is 108 cm³/mol. The number of aromatic nitrogens is 2. The Morgan fingerprint density at radius 1 is 1.26 bits per heavy atom. The van der Waals surface area contributed by atoms with E-state index in [1.807, 2.05) is 17.5 Å². The maximum atomic E-state index is 12.0. The number of nitrogens with zero attached hydrogens (tertiary/aromatic N) is 2. The molecule has 3 aromatic rings. The highest BCUT2D eigenvalue weighted by molar-refractivity contribution is 7.13. The number of carbonyl (C=O) groups excluding carboxylic acids is 1. The van der Waals surface area contributed by atoms with Gasteiger partial charge < -0.3 is 10.1 Å². The lowest BCUT2D eigenvalue weighted by Crippen LogP contribution is -2.23. The zero-order valence-electron chi connectivity index (χ0n) is 14.3. The van der Waals surface area contributed by atoms with Gasteiger partial charge in [0.1, 0.15) is 10.8 Å². The summed E-state index contributed by atoms with van der Waals surface area (Å²) in [4.78, 5) is 20.6. The highest BCUT2D eigenvalue weighted by Gasteiger charge is 2.07. The van der Waals surface area contributed by atoms with Crippen molar-refractivity contribution >= 4 is 40.4 Å². The van der Waals surface area contributed by atoms with Gasteiger partial charge in [-0.15, -0.1) is 11.3 Å². The molecule has 1 aromatic carbocycles. The van der Waals surface area contributed by atoms with Crippen LogP contribution in [0.4, 0.5) is 0 Å². The molecule has 27 heavy (non-hydrogen) atoms. The summed E-state index contributed by atoms with van der Waals surface area (Å²) in [7, 11) is 0. The molecule has 1 amide bonds. The second-order valence-corrected chi connectivity index (χ2v) is 7.39. The molecule has 2 aromatic heterocycles. The molecule has 0 spiro atoms. The van der Waals surface area contributed by atoms with E-state index in [4.69, 9.17) is 27.9 Å². The van der Waals surface area contributed by atoms with Crippen LogP contribution in [0.2, 0.25) is 10.0 Å². The van der Waals surface area contributed by atoms with Crippen molar-refractivity contribution in [2.75, 3.05) is 6.61 Å². The van der Waals surface area contributed by atoms with E-state index < -0.39 is 0 Å². The molecular formula is C19H17Cl2N3O2S. The second-order valence-electron chi connectivity index (χ2n) is 5.69. The number of pyridine rings is 1. The van der Waals surface area contributed by atoms with Crippen LogP contribution in [-0.2, 0) is 11.3 Å². The number of ether oxygens (including phenoxy) is 1. The van der Waals surface area contributed by atoms with Gasteiger partial charge in [0.15, 0.2) is 0 Å². The van der Waals surface area contributed by atoms with E-state index in [1.165, 1.54) is 11.3 Å². The number of halogens is 2. The van der Waals surface area contributed by atoms with Crippen LogP contribution in [0.5, 0.6) is 5.75 Å². The average Bonchev–Trinajstić information content (AvgIpc) is 3.15. The van der Waals surface area contributed by atoms with Crippen molar-refractivity contribution in [2.45, 2.75) is 19.4 Å². The fourth-order valence-corrected chi connectivity index (χ4v) is 3.57. The van der Waals surface area contributed by atoms with E-state index in [9.17, 15) is 4.79 Å². The molecule has 0 saturated carbocycles. The summed E-state index contributed by atoms with van der Waals surface area (Å²) < 4.78 is 5.57. The molecule has 5 nitrogen and oxygen atoms in total. The smallest absolute Gasteiger partial charge is 0.220 e. The summed E-state index contributed by atoms with van der Waals surface area (Å²) in [5.41, 5.74) is 1.80. The topological polar surface area (TPSA) is 64.1 Å². The molecular weight excluding hydrogens is 405 g/mol. The largest absolute Gasteiger partial charge is 0.492 e. The number of hydrogen-bond donors (Lipinski definition) is 1. The highest BCUT2D eigenvalue weighted by atomic mass is 35.5. The number of rotatable bonds is 8. The van der Waals surface area contributed by atoms with Crippen molar-refractivity contribution < 1.29 is 9.53 Å². The zero-order chi connectivity index (χ0) is 19.1. The number of thiazole rings is 1. The van der Waals surface area contributed by atoms with Crippen LogP contribution in [0.25, 0.3) is 10.6 Å². The van der Waals surface area contributed by atoms with E-state index >= 15 is 0 Å². The molecule has 2 heterocycles. The van der Waals surface area contributed by atoms with Gasteiger partial charge in [-0.25, -0.2) is 4.98 Å². The molecule has 0 bridgehead atoms. The first kappa shape index (κ1) is 19.6. The summed E-state index contributed by atoms with van der Waals surface area (Å²) >= 11 is 13.4. The number of amides is 1. The maximum absolute atomic E-state index is 12.0. The first-order valence-corrected chi connectivity index (χ1v) is 9.95. The van der Waals surface area contributed by atoms with E-state index in [2.05, 4.69) is 15.3 Å². The Kier molecular flexibility index (Phi) is 7.04. The summed E-state index contributed by atoms with van der Waals surface area (Å²) in [6.07, 6.45) is 4.45. The van der Waals surface area contributed by atoms with Gasteiger partial charge in [-0.2, -0.15) is 0 Å². The van der Waals surface area contributed by atoms with E-state index in [0.717, 1.165) is 16.3 Å². The number of hydrogen-bond acceptors (Lipinski definition) is 5. The fourth-order valence-electron chi connectivity index (χ4n) is 2.29. The minimum Gasteiger partial charge on any atom is -0.492 e. The van der Waals surface area contributed by atoms with Crippen molar-refractivity contribution in [2.24, 2.45) is 0 Å². The normalized spacial score (nSPS) is 10.6. The Hall–Kier alpha value is -2.15. The van der Waals surface area contributed by atoms with Crippen LogP contribution in [-0.4, -0.2) is 22.5 Å². The average molecular weight is 422 g/mol. The molecule has 0 radical (unpaired) electrons. The molecule has 1 N–H and O–H groups in total. The van der Waals surface area contributed by atoms with Gasteiger partial charge in [-0.1, -0.05) is 23.2 Å². The molecule has 0 atom stereocenters. The van der Waals surface area contributed by atoms with Gasteiger partial charge in [0, 0.05) is 34.8 Å². The second kappa shape index (κ2) is 9.69. The van der Waals surface area contributed by atoms with E-state index in [-0.39, 0.29) is 5.91 Å². The lowest BCUT2D eigenvalue weighted by molar-refractivity contribution is -0.121. The molecule has 140 valence electrons. The first-order chi connectivity index (χ1) is 13.1. The van der Waals surface area contributed by atoms with Gasteiger partial charge in [-0.05, 0) is 36.8 Å². The van der Waals surface area contributed by atoms with Crippen LogP contribution >= 0.6 is 34.5 Å². The van der Waals surface area contributed by atoms with Crippen LogP contribution < -0.4 is 10.1 Å². The number of nitrogens with one attached hydrogen (secondary N) is 1. The van der Waals surface area contributed by atoms with Gasteiger partial charge in [-0.3, -0.25) is 9.78 Å². The van der Waals surface area contributed by atoms with Gasteiger partial charge in [0.25, 0.3) is 0 Å². The van der Waals surface area contributed by atoms with Gasteiger partial charge in [0.2, 0.25) is 5.91 Å². The molecule has 0 unspecified atom stereocenters. The molecule has 0 aliphatic rings. The van der Waals surface area contributed by atoms with Crippen LogP contribution in [0, 0.1) is 0 Å². The number of benzene rings is 1. The zero-order valence-corrected chi connectivity index (χ0v) is 16.7. The van der Waals surface area contributed by atoms with Crippen LogP contribution in [0.15, 0.2) is 48.1 Å². The molecule has 0 aliphatic carbocycles. The fraction of sp³-hybridized carbons (Fsp3) is 0.211. The summed E-state index contributed by atoms with van der Waals surface area (Å²) in [6, 6.07) is 8.88. The maximum Gasteiger partial charge on any atom is 0.220 e. The van der Waals surface area contributed by atoms with Crippen molar-refractivity contribution in [3.05, 3.63) is 63.8 Å². The third-order valence-electron chi connectivity index (χ3n) is 3.63. The van der Waals surface area contributed by atoms with E-state index in [1.54, 1.807) is 30.6 Å². The predicted octanol–water partition coefficient (Wildman–Crippen LogP) is 4.99. The summed E-state index contributed by atoms with van der Waals surface area (Å²) in [5.74, 6) is 0.517. The van der Waals surface area contributed by atoms with Crippen molar-refractivity contribution in [1.82, 2.24) is 15.3 Å². The minimum atomic E-state index is -0.0447. The van der Waals surface area contributed by atoms with Crippen molar-refractivity contribution in [1.29, 1.82) is 0 Å². The van der Waals surface area contributed by atoms with Gasteiger partial charge >= 0.3 is 0 Å². The quantitative estimate of drug-likeness (QED) is 0.520. The Balaban J connectivity index is 1.38. The summed E-state index contributed by atoms with van der Waals surface area (Å²) in [6.45, 7) is 0.802.